The first-order valence-corrected chi connectivity index (χ1v) is 10.1. The molecule has 0 fully saturated rings. The number of rotatable bonds is 9. The third-order valence-electron chi connectivity index (χ3n) is 4.83. The van der Waals surface area contributed by atoms with Crippen LogP contribution < -0.4 is 5.32 Å². The van der Waals surface area contributed by atoms with Crippen LogP contribution in [0.4, 0.5) is 0 Å². The zero-order valence-corrected chi connectivity index (χ0v) is 17.5. The SMILES string of the molecule is CCCCNC(=O)C(C)N(Cc1ccccc1)C(=O)Cc1cc(C)cc(C)c1. The molecule has 0 spiro atoms. The molecule has 0 aromatic heterocycles. The number of aryl methyl sites for hydroxylation is 2. The topological polar surface area (TPSA) is 49.4 Å². The van der Waals surface area contributed by atoms with Crippen LogP contribution in [0.1, 0.15) is 48.9 Å². The Morgan fingerprint density at radius 3 is 2.25 bits per heavy atom. The Labute approximate surface area is 169 Å². The van der Waals surface area contributed by atoms with E-state index in [2.05, 4.69) is 18.3 Å². The van der Waals surface area contributed by atoms with E-state index < -0.39 is 6.04 Å². The summed E-state index contributed by atoms with van der Waals surface area (Å²) in [5.74, 6) is -0.134. The second kappa shape index (κ2) is 10.6. The normalized spacial score (nSPS) is 11.7. The molecule has 0 saturated heterocycles. The van der Waals surface area contributed by atoms with Crippen molar-refractivity contribution in [3.05, 3.63) is 70.8 Å². The average Bonchev–Trinajstić information content (AvgIpc) is 2.65. The van der Waals surface area contributed by atoms with Crippen molar-refractivity contribution in [3.63, 3.8) is 0 Å². The number of nitrogens with one attached hydrogen (secondary N) is 1. The molecule has 1 atom stereocenters. The smallest absolute Gasteiger partial charge is 0.242 e. The molecule has 2 aromatic rings. The second-order valence-electron chi connectivity index (χ2n) is 7.50. The van der Waals surface area contributed by atoms with Crippen LogP contribution >= 0.6 is 0 Å². The molecule has 0 radical (unpaired) electrons. The van der Waals surface area contributed by atoms with E-state index in [-0.39, 0.29) is 11.8 Å². The molecule has 4 nitrogen and oxygen atoms in total. The van der Waals surface area contributed by atoms with Crippen molar-refractivity contribution in [1.82, 2.24) is 10.2 Å². The summed E-state index contributed by atoms with van der Waals surface area (Å²) in [4.78, 5) is 27.5. The monoisotopic (exact) mass is 380 g/mol. The van der Waals surface area contributed by atoms with Gasteiger partial charge >= 0.3 is 0 Å². The molecule has 0 aliphatic rings. The lowest BCUT2D eigenvalue weighted by molar-refractivity contribution is -0.140. The minimum absolute atomic E-state index is 0.0352. The molecule has 1 unspecified atom stereocenters. The van der Waals surface area contributed by atoms with E-state index in [1.807, 2.05) is 63.2 Å². The Morgan fingerprint density at radius 1 is 1.00 bits per heavy atom. The summed E-state index contributed by atoms with van der Waals surface area (Å²) in [6, 6.07) is 15.5. The molecule has 2 amide bonds. The van der Waals surface area contributed by atoms with Gasteiger partial charge in [-0.1, -0.05) is 73.0 Å². The molecule has 2 rings (SSSR count). The minimum atomic E-state index is -0.518. The standard InChI is InChI=1S/C24H32N2O2/c1-5-6-12-25-24(28)20(4)26(17-21-10-8-7-9-11-21)23(27)16-22-14-18(2)13-19(3)15-22/h7-11,13-15,20H,5-6,12,16-17H2,1-4H3,(H,25,28). The number of hydrogen-bond acceptors (Lipinski definition) is 2. The van der Waals surface area contributed by atoms with Gasteiger partial charge in [-0.3, -0.25) is 9.59 Å². The molecular weight excluding hydrogens is 348 g/mol. The van der Waals surface area contributed by atoms with Crippen LogP contribution in [0, 0.1) is 13.8 Å². The first-order chi connectivity index (χ1) is 13.4. The molecule has 4 heteroatoms. The van der Waals surface area contributed by atoms with Crippen LogP contribution in [-0.4, -0.2) is 29.3 Å². The van der Waals surface area contributed by atoms with Gasteiger partial charge in [-0.15, -0.1) is 0 Å². The van der Waals surface area contributed by atoms with E-state index in [4.69, 9.17) is 0 Å². The number of nitrogens with zero attached hydrogens (tertiary/aromatic N) is 1. The van der Waals surface area contributed by atoms with Crippen LogP contribution in [0.5, 0.6) is 0 Å². The summed E-state index contributed by atoms with van der Waals surface area (Å²) in [6.45, 7) is 9.03. The molecule has 0 aliphatic heterocycles. The highest BCUT2D eigenvalue weighted by atomic mass is 16.2. The fourth-order valence-electron chi connectivity index (χ4n) is 3.35. The van der Waals surface area contributed by atoms with Gasteiger partial charge < -0.3 is 10.2 Å². The van der Waals surface area contributed by atoms with E-state index in [0.29, 0.717) is 19.5 Å². The van der Waals surface area contributed by atoms with Gasteiger partial charge in [-0.05, 0) is 38.3 Å². The Bertz CT molecular complexity index is 766. The Hall–Kier alpha value is -2.62. The van der Waals surface area contributed by atoms with Gasteiger partial charge in [-0.25, -0.2) is 0 Å². The quantitative estimate of drug-likeness (QED) is 0.664. The Kier molecular flexibility index (Phi) is 8.24. The zero-order valence-electron chi connectivity index (χ0n) is 17.5. The van der Waals surface area contributed by atoms with Gasteiger partial charge in [0, 0.05) is 13.1 Å². The van der Waals surface area contributed by atoms with Crippen molar-refractivity contribution in [2.75, 3.05) is 6.54 Å². The first-order valence-electron chi connectivity index (χ1n) is 10.1. The fraction of sp³-hybridized carbons (Fsp3) is 0.417. The maximum absolute atomic E-state index is 13.2. The van der Waals surface area contributed by atoms with Crippen molar-refractivity contribution in [1.29, 1.82) is 0 Å². The molecule has 28 heavy (non-hydrogen) atoms. The van der Waals surface area contributed by atoms with Gasteiger partial charge in [0.1, 0.15) is 6.04 Å². The molecule has 0 saturated carbocycles. The molecule has 150 valence electrons. The van der Waals surface area contributed by atoms with Gasteiger partial charge in [0.05, 0.1) is 6.42 Å². The van der Waals surface area contributed by atoms with Gasteiger partial charge in [0.25, 0.3) is 0 Å². The minimum Gasteiger partial charge on any atom is -0.354 e. The van der Waals surface area contributed by atoms with Crippen molar-refractivity contribution in [3.8, 4) is 0 Å². The van der Waals surface area contributed by atoms with Crippen LogP contribution in [0.25, 0.3) is 0 Å². The maximum atomic E-state index is 13.2. The molecule has 2 aromatic carbocycles. The van der Waals surface area contributed by atoms with E-state index >= 15 is 0 Å². The number of carbonyl (C=O) groups is 2. The van der Waals surface area contributed by atoms with E-state index in [9.17, 15) is 9.59 Å². The Balaban J connectivity index is 2.18. The van der Waals surface area contributed by atoms with Crippen molar-refractivity contribution < 1.29 is 9.59 Å². The predicted molar refractivity (Wildman–Crippen MR) is 114 cm³/mol. The van der Waals surface area contributed by atoms with Gasteiger partial charge in [-0.2, -0.15) is 0 Å². The number of unbranched alkanes of at least 4 members (excludes halogenated alkanes) is 1. The number of amides is 2. The highest BCUT2D eigenvalue weighted by Crippen LogP contribution is 2.15. The highest BCUT2D eigenvalue weighted by molar-refractivity contribution is 5.88. The molecule has 0 bridgehead atoms. The summed E-state index contributed by atoms with van der Waals surface area (Å²) in [5, 5.41) is 2.95. The van der Waals surface area contributed by atoms with Gasteiger partial charge in [0.15, 0.2) is 0 Å². The van der Waals surface area contributed by atoms with Crippen LogP contribution in [0.2, 0.25) is 0 Å². The van der Waals surface area contributed by atoms with Crippen LogP contribution in [0.3, 0.4) is 0 Å². The number of benzene rings is 2. The third-order valence-corrected chi connectivity index (χ3v) is 4.83. The first kappa shape index (κ1) is 21.7. The maximum Gasteiger partial charge on any atom is 0.242 e. The number of carbonyl (C=O) groups excluding carboxylic acids is 2. The summed E-state index contributed by atoms with van der Waals surface area (Å²) in [5.41, 5.74) is 4.29. The third kappa shape index (κ3) is 6.52. The van der Waals surface area contributed by atoms with Crippen molar-refractivity contribution >= 4 is 11.8 Å². The van der Waals surface area contributed by atoms with Gasteiger partial charge in [0.2, 0.25) is 11.8 Å². The Morgan fingerprint density at radius 2 is 1.64 bits per heavy atom. The second-order valence-corrected chi connectivity index (χ2v) is 7.50. The van der Waals surface area contributed by atoms with Crippen molar-refractivity contribution in [2.45, 2.75) is 59.5 Å². The van der Waals surface area contributed by atoms with E-state index in [1.165, 1.54) is 0 Å². The summed E-state index contributed by atoms with van der Waals surface area (Å²) in [7, 11) is 0. The van der Waals surface area contributed by atoms with E-state index in [0.717, 1.165) is 35.1 Å². The summed E-state index contributed by atoms with van der Waals surface area (Å²) in [6.07, 6.45) is 2.25. The summed E-state index contributed by atoms with van der Waals surface area (Å²) >= 11 is 0. The average molecular weight is 381 g/mol. The molecular formula is C24H32N2O2. The van der Waals surface area contributed by atoms with Crippen molar-refractivity contribution in [2.24, 2.45) is 0 Å². The molecule has 0 heterocycles. The van der Waals surface area contributed by atoms with Crippen LogP contribution in [-0.2, 0) is 22.6 Å². The molecule has 1 N–H and O–H groups in total. The highest BCUT2D eigenvalue weighted by Gasteiger charge is 2.26. The van der Waals surface area contributed by atoms with Crippen LogP contribution in [0.15, 0.2) is 48.5 Å². The van der Waals surface area contributed by atoms with E-state index in [1.54, 1.807) is 4.90 Å². The zero-order chi connectivity index (χ0) is 20.5. The summed E-state index contributed by atoms with van der Waals surface area (Å²) < 4.78 is 0. The lowest BCUT2D eigenvalue weighted by atomic mass is 10.0. The lowest BCUT2D eigenvalue weighted by Gasteiger charge is -2.29. The molecule has 0 aliphatic carbocycles. The lowest BCUT2D eigenvalue weighted by Crippen LogP contribution is -2.48. The predicted octanol–water partition coefficient (Wildman–Crippen LogP) is 4.18. The fourth-order valence-corrected chi connectivity index (χ4v) is 3.35. The number of hydrogen-bond donors (Lipinski definition) is 1. The largest absolute Gasteiger partial charge is 0.354 e.